The molecule has 42 heavy (non-hydrogen) atoms. The summed E-state index contributed by atoms with van der Waals surface area (Å²) in [5.74, 6) is 1.64. The van der Waals surface area contributed by atoms with Crippen LogP contribution in [0.1, 0.15) is 126 Å². The third-order valence-electron chi connectivity index (χ3n) is 12.0. The van der Waals surface area contributed by atoms with E-state index in [1.165, 1.54) is 19.3 Å². The molecule has 0 radical (unpaired) electrons. The zero-order chi connectivity index (χ0) is 30.6. The van der Waals surface area contributed by atoms with Gasteiger partial charge in [-0.2, -0.15) is 0 Å². The highest BCUT2D eigenvalue weighted by molar-refractivity contribution is 5.82. The summed E-state index contributed by atoms with van der Waals surface area (Å²) in [6.07, 6.45) is 14.1. The van der Waals surface area contributed by atoms with Crippen molar-refractivity contribution in [2.24, 2.45) is 51.6 Å². The number of allylic oxidation sites excluding steroid dienone is 2. The van der Waals surface area contributed by atoms with Crippen LogP contribution in [0, 0.1) is 45.8 Å². The molecule has 0 aromatic rings. The number of aldehydes is 1. The van der Waals surface area contributed by atoms with Crippen molar-refractivity contribution in [2.45, 2.75) is 138 Å². The maximum Gasteiger partial charge on any atom is 0.309 e. The highest BCUT2D eigenvalue weighted by Gasteiger charge is 2.63. The molecule has 4 saturated carbocycles. The SMILES string of the molecule is C.CC1C(OC(=O)CC(O)C=O)CCC2(C)C1CCC1(C)C3CCC4(C(N)=O)CCCCC4C3=CCC12.CCC.CO. The Balaban J connectivity index is 0.000000966. The van der Waals surface area contributed by atoms with Gasteiger partial charge in [0.25, 0.3) is 0 Å². The zero-order valence-corrected chi connectivity index (χ0v) is 26.5. The number of aliphatic hydroxyl groups is 2. The Labute approximate surface area is 255 Å². The number of ether oxygens (including phenoxy) is 1. The Kier molecular flexibility index (Phi) is 12.9. The lowest BCUT2D eigenvalue weighted by Crippen LogP contribution is -2.60. The van der Waals surface area contributed by atoms with Crippen LogP contribution in [-0.4, -0.2) is 47.7 Å². The number of hydrogen-bond acceptors (Lipinski definition) is 6. The summed E-state index contributed by atoms with van der Waals surface area (Å²) in [6, 6.07) is 0. The largest absolute Gasteiger partial charge is 0.462 e. The van der Waals surface area contributed by atoms with E-state index in [0.29, 0.717) is 30.0 Å². The molecule has 0 aliphatic heterocycles. The Bertz CT molecular complexity index is 965. The molecule has 10 atom stereocenters. The Morgan fingerprint density at radius 3 is 2.29 bits per heavy atom. The monoisotopic (exact) mass is 591 g/mol. The maximum atomic E-state index is 12.7. The molecule has 4 fully saturated rings. The molecule has 0 spiro atoms. The van der Waals surface area contributed by atoms with Crippen molar-refractivity contribution in [3.05, 3.63) is 11.6 Å². The fourth-order valence-electron chi connectivity index (χ4n) is 10.2. The summed E-state index contributed by atoms with van der Waals surface area (Å²) < 4.78 is 5.80. The number of aliphatic hydroxyl groups excluding tert-OH is 2. The number of rotatable bonds is 5. The van der Waals surface area contributed by atoms with Crippen molar-refractivity contribution in [2.75, 3.05) is 7.11 Å². The highest BCUT2D eigenvalue weighted by Crippen LogP contribution is 2.70. The first-order chi connectivity index (χ1) is 19.5. The van der Waals surface area contributed by atoms with Crippen LogP contribution in [0.4, 0.5) is 0 Å². The van der Waals surface area contributed by atoms with Crippen LogP contribution in [0.3, 0.4) is 0 Å². The number of primary amides is 1. The van der Waals surface area contributed by atoms with E-state index in [0.717, 1.165) is 64.9 Å². The quantitative estimate of drug-likeness (QED) is 0.193. The van der Waals surface area contributed by atoms with E-state index in [1.54, 1.807) is 5.57 Å². The third-order valence-corrected chi connectivity index (χ3v) is 12.0. The zero-order valence-electron chi connectivity index (χ0n) is 26.5. The van der Waals surface area contributed by atoms with E-state index in [9.17, 15) is 19.5 Å². The molecule has 7 heteroatoms. The van der Waals surface area contributed by atoms with Gasteiger partial charge in [0.15, 0.2) is 0 Å². The van der Waals surface area contributed by atoms with Crippen molar-refractivity contribution in [3.8, 4) is 0 Å². The first kappa shape index (κ1) is 36.5. The number of esters is 1. The van der Waals surface area contributed by atoms with Gasteiger partial charge in [0, 0.05) is 7.11 Å². The normalized spacial score (nSPS) is 40.5. The summed E-state index contributed by atoms with van der Waals surface area (Å²) in [4.78, 5) is 35.8. The summed E-state index contributed by atoms with van der Waals surface area (Å²) in [5.41, 5.74) is 7.73. The molecule has 5 rings (SSSR count). The second kappa shape index (κ2) is 14.8. The number of carbonyl (C=O) groups is 3. The molecule has 10 unspecified atom stereocenters. The van der Waals surface area contributed by atoms with Crippen molar-refractivity contribution in [1.29, 1.82) is 0 Å². The highest BCUT2D eigenvalue weighted by atomic mass is 16.5. The van der Waals surface area contributed by atoms with E-state index in [2.05, 4.69) is 40.7 Å². The lowest BCUT2D eigenvalue weighted by molar-refractivity contribution is -0.179. The Morgan fingerprint density at radius 2 is 1.67 bits per heavy atom. The molecule has 0 aromatic carbocycles. The van der Waals surface area contributed by atoms with Gasteiger partial charge in [-0.05, 0) is 98.2 Å². The predicted octanol–water partition coefficient (Wildman–Crippen LogP) is 6.38. The maximum absolute atomic E-state index is 12.7. The van der Waals surface area contributed by atoms with Gasteiger partial charge in [0.1, 0.15) is 18.5 Å². The fraction of sp³-hybridized carbons (Fsp3) is 0.857. The number of fused-ring (bicyclic) bond motifs is 7. The molecular weight excluding hydrogens is 530 g/mol. The van der Waals surface area contributed by atoms with Crippen LogP contribution in [-0.2, 0) is 19.1 Å². The molecule has 0 aromatic heterocycles. The van der Waals surface area contributed by atoms with E-state index >= 15 is 0 Å². The molecule has 4 N–H and O–H groups in total. The number of amides is 1. The molecule has 0 heterocycles. The average Bonchev–Trinajstić information content (AvgIpc) is 2.95. The summed E-state index contributed by atoms with van der Waals surface area (Å²) in [6.45, 7) is 11.5. The summed E-state index contributed by atoms with van der Waals surface area (Å²) in [5, 5.41) is 16.5. The van der Waals surface area contributed by atoms with E-state index < -0.39 is 12.1 Å². The minimum Gasteiger partial charge on any atom is -0.462 e. The van der Waals surface area contributed by atoms with Gasteiger partial charge >= 0.3 is 5.97 Å². The van der Waals surface area contributed by atoms with Gasteiger partial charge in [-0.1, -0.05) is 73.0 Å². The van der Waals surface area contributed by atoms with Crippen molar-refractivity contribution >= 4 is 18.2 Å². The second-order valence-electron chi connectivity index (χ2n) is 14.1. The van der Waals surface area contributed by atoms with Crippen LogP contribution in [0.25, 0.3) is 0 Å². The van der Waals surface area contributed by atoms with Gasteiger partial charge in [0.2, 0.25) is 5.91 Å². The molecule has 5 aliphatic carbocycles. The third kappa shape index (κ3) is 6.38. The van der Waals surface area contributed by atoms with Crippen molar-refractivity contribution in [3.63, 3.8) is 0 Å². The van der Waals surface area contributed by atoms with Crippen LogP contribution < -0.4 is 5.73 Å². The molecule has 1 amide bonds. The topological polar surface area (TPSA) is 127 Å². The van der Waals surface area contributed by atoms with E-state index in [4.69, 9.17) is 15.6 Å². The fourth-order valence-corrected chi connectivity index (χ4v) is 10.2. The van der Waals surface area contributed by atoms with E-state index in [-0.39, 0.29) is 48.0 Å². The Morgan fingerprint density at radius 1 is 1.02 bits per heavy atom. The molecule has 242 valence electrons. The van der Waals surface area contributed by atoms with Crippen LogP contribution in [0.5, 0.6) is 0 Å². The average molecular weight is 592 g/mol. The lowest BCUT2D eigenvalue weighted by atomic mass is 9.39. The lowest BCUT2D eigenvalue weighted by Gasteiger charge is -2.66. The van der Waals surface area contributed by atoms with Crippen molar-refractivity contribution in [1.82, 2.24) is 0 Å². The number of hydrogen-bond donors (Lipinski definition) is 3. The van der Waals surface area contributed by atoms with Crippen LogP contribution in [0.2, 0.25) is 0 Å². The summed E-state index contributed by atoms with van der Waals surface area (Å²) in [7, 11) is 1.00. The first-order valence-electron chi connectivity index (χ1n) is 16.3. The second-order valence-corrected chi connectivity index (χ2v) is 14.1. The summed E-state index contributed by atoms with van der Waals surface area (Å²) >= 11 is 0. The Hall–Kier alpha value is -1.73. The van der Waals surface area contributed by atoms with Crippen molar-refractivity contribution < 1.29 is 29.3 Å². The number of nitrogens with two attached hydrogens (primary N) is 1. The predicted molar refractivity (Wildman–Crippen MR) is 167 cm³/mol. The van der Waals surface area contributed by atoms with Crippen LogP contribution in [0.15, 0.2) is 11.6 Å². The minimum absolute atomic E-state index is 0. The van der Waals surface area contributed by atoms with Gasteiger partial charge in [-0.15, -0.1) is 0 Å². The van der Waals surface area contributed by atoms with Gasteiger partial charge < -0.3 is 25.5 Å². The van der Waals surface area contributed by atoms with E-state index in [1.807, 2.05) is 0 Å². The van der Waals surface area contributed by atoms with Gasteiger partial charge in [-0.3, -0.25) is 9.59 Å². The van der Waals surface area contributed by atoms with Gasteiger partial charge in [-0.25, -0.2) is 0 Å². The number of carbonyl (C=O) groups excluding carboxylic acids is 3. The molecule has 0 bridgehead atoms. The van der Waals surface area contributed by atoms with Crippen LogP contribution >= 0.6 is 0 Å². The van der Waals surface area contributed by atoms with Gasteiger partial charge in [0.05, 0.1) is 11.8 Å². The first-order valence-corrected chi connectivity index (χ1v) is 16.3. The molecule has 0 saturated heterocycles. The molecular formula is C35H61NO6. The molecule has 7 nitrogen and oxygen atoms in total. The molecule has 5 aliphatic rings. The standard InChI is InChI=1S/C30H45NO5.C3H8.CH4O.CH4/c1-18-21-9-13-29(3)22-10-15-30(27(31)35)12-5-4-6-23(30)20(22)7-8-25(29)28(21,2)14-11-24(18)36-26(34)16-19(33)17-32;1-3-2;1-2;/h7,17-19,21-25,33H,4-6,8-16H2,1-3H3,(H2,31,35);3H2,1-2H3;2H,1H3;1H4. The minimum atomic E-state index is -1.28. The smallest absolute Gasteiger partial charge is 0.309 e.